The third-order valence-electron chi connectivity index (χ3n) is 5.80. The minimum Gasteiger partial charge on any atom is -0.392 e. The highest BCUT2D eigenvalue weighted by Crippen LogP contribution is 2.43. The van der Waals surface area contributed by atoms with E-state index in [0.29, 0.717) is 12.1 Å². The van der Waals surface area contributed by atoms with Crippen LogP contribution in [0.1, 0.15) is 59.3 Å². The fourth-order valence-corrected chi connectivity index (χ4v) is 4.29. The lowest BCUT2D eigenvalue weighted by atomic mass is 9.78. The standard InChI is InChI=1S/C25H33N3O3/c1-17(2)28-23(19-12-10-18(16-29)11-13-19)22(24(30)26-14-7-15-27(3)4)20-8-5-6-9-21(20)25(28)31/h5-6,8-13,17,22-23,29H,7,14-16H2,1-4H3,(H,26,30)/t22-,23+/m1/s1. The predicted molar refractivity (Wildman–Crippen MR) is 122 cm³/mol. The monoisotopic (exact) mass is 423 g/mol. The van der Waals surface area contributed by atoms with Gasteiger partial charge in [0.1, 0.15) is 0 Å². The third-order valence-corrected chi connectivity index (χ3v) is 5.80. The average molecular weight is 424 g/mol. The fourth-order valence-electron chi connectivity index (χ4n) is 4.29. The molecule has 0 radical (unpaired) electrons. The molecule has 0 aromatic heterocycles. The van der Waals surface area contributed by atoms with Crippen LogP contribution in [0.4, 0.5) is 0 Å². The Labute approximate surface area is 184 Å². The molecule has 2 atom stereocenters. The molecule has 0 fully saturated rings. The van der Waals surface area contributed by atoms with Crippen LogP contribution >= 0.6 is 0 Å². The van der Waals surface area contributed by atoms with Gasteiger partial charge in [-0.15, -0.1) is 0 Å². The quantitative estimate of drug-likeness (QED) is 0.641. The number of rotatable bonds is 8. The maximum atomic E-state index is 13.5. The largest absolute Gasteiger partial charge is 0.392 e. The molecule has 6 nitrogen and oxygen atoms in total. The van der Waals surface area contributed by atoms with Gasteiger partial charge in [0, 0.05) is 18.2 Å². The van der Waals surface area contributed by atoms with Crippen molar-refractivity contribution >= 4 is 11.8 Å². The number of hydrogen-bond acceptors (Lipinski definition) is 4. The van der Waals surface area contributed by atoms with Gasteiger partial charge in [-0.1, -0.05) is 42.5 Å². The Morgan fingerprint density at radius 3 is 2.42 bits per heavy atom. The molecular formula is C25H33N3O3. The molecule has 0 spiro atoms. The van der Waals surface area contributed by atoms with Crippen molar-refractivity contribution in [2.24, 2.45) is 0 Å². The number of nitrogens with zero attached hydrogens (tertiary/aromatic N) is 2. The van der Waals surface area contributed by atoms with Gasteiger partial charge in [0.25, 0.3) is 5.91 Å². The number of fused-ring (bicyclic) bond motifs is 1. The molecule has 2 amide bonds. The second kappa shape index (κ2) is 10.1. The van der Waals surface area contributed by atoms with Crippen LogP contribution < -0.4 is 5.32 Å². The van der Waals surface area contributed by atoms with Gasteiger partial charge in [-0.25, -0.2) is 0 Å². The average Bonchev–Trinajstić information content (AvgIpc) is 2.76. The summed E-state index contributed by atoms with van der Waals surface area (Å²) in [5.74, 6) is -0.630. The highest BCUT2D eigenvalue weighted by molar-refractivity contribution is 6.01. The lowest BCUT2D eigenvalue weighted by Gasteiger charge is -2.44. The molecular weight excluding hydrogens is 390 g/mol. The molecule has 1 aliphatic rings. The zero-order valence-corrected chi connectivity index (χ0v) is 18.8. The van der Waals surface area contributed by atoms with E-state index in [-0.39, 0.29) is 24.5 Å². The number of carbonyl (C=O) groups is 2. The van der Waals surface area contributed by atoms with Crippen LogP contribution in [-0.2, 0) is 11.4 Å². The number of amides is 2. The Hall–Kier alpha value is -2.70. The van der Waals surface area contributed by atoms with E-state index in [2.05, 4.69) is 10.2 Å². The molecule has 166 valence electrons. The maximum Gasteiger partial charge on any atom is 0.254 e. The second-order valence-corrected chi connectivity index (χ2v) is 8.66. The zero-order chi connectivity index (χ0) is 22.5. The zero-order valence-electron chi connectivity index (χ0n) is 18.8. The topological polar surface area (TPSA) is 72.9 Å². The van der Waals surface area contributed by atoms with Gasteiger partial charge in [-0.05, 0) is 63.7 Å². The smallest absolute Gasteiger partial charge is 0.254 e. The summed E-state index contributed by atoms with van der Waals surface area (Å²) >= 11 is 0. The first kappa shape index (κ1) is 23.0. The van der Waals surface area contributed by atoms with Crippen molar-refractivity contribution < 1.29 is 14.7 Å². The van der Waals surface area contributed by atoms with Crippen molar-refractivity contribution in [3.05, 3.63) is 70.8 Å². The van der Waals surface area contributed by atoms with E-state index in [4.69, 9.17) is 0 Å². The normalized spacial score (nSPS) is 18.4. The van der Waals surface area contributed by atoms with Crippen LogP contribution in [-0.4, -0.2) is 59.9 Å². The molecule has 0 bridgehead atoms. The molecule has 31 heavy (non-hydrogen) atoms. The number of carbonyl (C=O) groups excluding carboxylic acids is 2. The van der Waals surface area contributed by atoms with Crippen molar-refractivity contribution in [2.45, 2.75) is 44.9 Å². The lowest BCUT2D eigenvalue weighted by molar-refractivity contribution is -0.124. The lowest BCUT2D eigenvalue weighted by Crippen LogP contribution is -2.50. The SMILES string of the molecule is CC(C)N1C(=O)c2ccccc2[C@@H](C(=O)NCCCN(C)C)[C@@H]1c1ccc(CO)cc1. The summed E-state index contributed by atoms with van der Waals surface area (Å²) in [5.41, 5.74) is 3.05. The Kier molecular flexibility index (Phi) is 7.46. The van der Waals surface area contributed by atoms with Gasteiger partial charge >= 0.3 is 0 Å². The minimum absolute atomic E-state index is 0.0452. The van der Waals surface area contributed by atoms with E-state index >= 15 is 0 Å². The van der Waals surface area contributed by atoms with Crippen LogP contribution in [0.3, 0.4) is 0 Å². The van der Waals surface area contributed by atoms with Crippen LogP contribution in [0.25, 0.3) is 0 Å². The van der Waals surface area contributed by atoms with Crippen LogP contribution in [0, 0.1) is 0 Å². The third kappa shape index (κ3) is 4.97. The first-order chi connectivity index (χ1) is 14.8. The second-order valence-electron chi connectivity index (χ2n) is 8.66. The van der Waals surface area contributed by atoms with E-state index in [1.807, 2.05) is 81.4 Å². The molecule has 0 unspecified atom stereocenters. The fraction of sp³-hybridized carbons (Fsp3) is 0.440. The molecule has 2 N–H and O–H groups in total. The summed E-state index contributed by atoms with van der Waals surface area (Å²) in [6, 6.07) is 14.5. The van der Waals surface area contributed by atoms with Crippen molar-refractivity contribution in [1.82, 2.24) is 15.1 Å². The van der Waals surface area contributed by atoms with E-state index < -0.39 is 12.0 Å². The number of nitrogens with one attached hydrogen (secondary N) is 1. The first-order valence-electron chi connectivity index (χ1n) is 10.9. The summed E-state index contributed by atoms with van der Waals surface area (Å²) in [6.07, 6.45) is 0.857. The van der Waals surface area contributed by atoms with Gasteiger partial charge < -0.3 is 20.2 Å². The molecule has 0 aliphatic carbocycles. The van der Waals surface area contributed by atoms with Crippen molar-refractivity contribution in [3.8, 4) is 0 Å². The molecule has 0 saturated carbocycles. The predicted octanol–water partition coefficient (Wildman–Crippen LogP) is 2.94. The van der Waals surface area contributed by atoms with Gasteiger partial charge in [-0.2, -0.15) is 0 Å². The summed E-state index contributed by atoms with van der Waals surface area (Å²) in [4.78, 5) is 30.8. The highest BCUT2D eigenvalue weighted by atomic mass is 16.3. The van der Waals surface area contributed by atoms with E-state index in [0.717, 1.165) is 29.7 Å². The number of aliphatic hydroxyl groups is 1. The van der Waals surface area contributed by atoms with Gasteiger partial charge in [0.2, 0.25) is 5.91 Å². The molecule has 1 heterocycles. The summed E-state index contributed by atoms with van der Waals surface area (Å²) in [7, 11) is 4.02. The Morgan fingerprint density at radius 2 is 1.81 bits per heavy atom. The number of hydrogen-bond donors (Lipinski definition) is 2. The minimum atomic E-state index is -0.504. The molecule has 3 rings (SSSR count). The Bertz CT molecular complexity index is 908. The van der Waals surface area contributed by atoms with Crippen molar-refractivity contribution in [3.63, 3.8) is 0 Å². The van der Waals surface area contributed by atoms with Crippen molar-refractivity contribution in [1.29, 1.82) is 0 Å². The Morgan fingerprint density at radius 1 is 1.13 bits per heavy atom. The summed E-state index contributed by atoms with van der Waals surface area (Å²) < 4.78 is 0. The molecule has 2 aromatic carbocycles. The molecule has 0 saturated heterocycles. The molecule has 1 aliphatic heterocycles. The van der Waals surface area contributed by atoms with Crippen LogP contribution in [0.2, 0.25) is 0 Å². The Balaban J connectivity index is 2.03. The highest BCUT2D eigenvalue weighted by Gasteiger charge is 2.44. The number of benzene rings is 2. The van der Waals surface area contributed by atoms with E-state index in [1.165, 1.54) is 0 Å². The first-order valence-corrected chi connectivity index (χ1v) is 10.9. The van der Waals surface area contributed by atoms with Gasteiger partial charge in [0.05, 0.1) is 18.6 Å². The van der Waals surface area contributed by atoms with E-state index in [1.54, 1.807) is 0 Å². The number of aliphatic hydroxyl groups excluding tert-OH is 1. The van der Waals surface area contributed by atoms with E-state index in [9.17, 15) is 14.7 Å². The molecule has 6 heteroatoms. The van der Waals surface area contributed by atoms with Crippen molar-refractivity contribution in [2.75, 3.05) is 27.2 Å². The van der Waals surface area contributed by atoms with Crippen LogP contribution in [0.15, 0.2) is 48.5 Å². The summed E-state index contributed by atoms with van der Waals surface area (Å²) in [5, 5.41) is 12.5. The molecule has 2 aromatic rings. The van der Waals surface area contributed by atoms with Gasteiger partial charge in [0.15, 0.2) is 0 Å². The van der Waals surface area contributed by atoms with Gasteiger partial charge in [-0.3, -0.25) is 9.59 Å². The maximum absolute atomic E-state index is 13.5. The van der Waals surface area contributed by atoms with Crippen LogP contribution in [0.5, 0.6) is 0 Å². The summed E-state index contributed by atoms with van der Waals surface area (Å²) in [6.45, 7) is 5.39.